The molecule has 2 amide bonds. The standard InChI is InChI=1S/C27H31N7O3/c1-19(2)31-27(35)30-11-14-37-25-8-3-20(17-21(25)18-28)24-9-10-29-26(33-24)32-22-4-6-23(7-5-22)34-12-15-36-16-13-34/h3-10,17,19H,11-16H2,1-2H3,(H,29,32,33)(H2,30,31,35). The van der Waals surface area contributed by atoms with Crippen molar-refractivity contribution in [2.24, 2.45) is 0 Å². The van der Waals surface area contributed by atoms with Crippen molar-refractivity contribution in [1.82, 2.24) is 20.6 Å². The summed E-state index contributed by atoms with van der Waals surface area (Å²) in [6.45, 7) is 7.60. The number of amides is 2. The minimum absolute atomic E-state index is 0.0528. The Bertz CT molecular complexity index is 1240. The number of nitrogens with one attached hydrogen (secondary N) is 3. The highest BCUT2D eigenvalue weighted by atomic mass is 16.5. The number of aromatic nitrogens is 2. The summed E-state index contributed by atoms with van der Waals surface area (Å²) in [7, 11) is 0. The molecule has 0 spiro atoms. The lowest BCUT2D eigenvalue weighted by Gasteiger charge is -2.28. The van der Waals surface area contributed by atoms with Crippen molar-refractivity contribution in [3.63, 3.8) is 0 Å². The van der Waals surface area contributed by atoms with E-state index in [2.05, 4.69) is 49.0 Å². The first-order valence-corrected chi connectivity index (χ1v) is 12.3. The van der Waals surface area contributed by atoms with Crippen LogP contribution in [0.3, 0.4) is 0 Å². The van der Waals surface area contributed by atoms with E-state index in [1.54, 1.807) is 24.4 Å². The number of hydrogen-bond donors (Lipinski definition) is 3. The fourth-order valence-electron chi connectivity index (χ4n) is 3.83. The van der Waals surface area contributed by atoms with Gasteiger partial charge < -0.3 is 30.3 Å². The second-order valence-corrected chi connectivity index (χ2v) is 8.76. The lowest BCUT2D eigenvalue weighted by Crippen LogP contribution is -2.41. The molecule has 1 saturated heterocycles. The fraction of sp³-hybridized carbons (Fsp3) is 0.333. The summed E-state index contributed by atoms with van der Waals surface area (Å²) in [5, 5.41) is 18.3. The first-order chi connectivity index (χ1) is 18.0. The Morgan fingerprint density at radius 3 is 2.68 bits per heavy atom. The van der Waals surface area contributed by atoms with Crippen LogP contribution in [0.2, 0.25) is 0 Å². The second-order valence-electron chi connectivity index (χ2n) is 8.76. The van der Waals surface area contributed by atoms with Gasteiger partial charge in [-0.25, -0.2) is 14.8 Å². The summed E-state index contributed by atoms with van der Waals surface area (Å²) in [5.41, 5.74) is 3.87. The smallest absolute Gasteiger partial charge is 0.315 e. The Hall–Kier alpha value is -4.36. The van der Waals surface area contributed by atoms with E-state index in [9.17, 15) is 10.1 Å². The van der Waals surface area contributed by atoms with Crippen molar-refractivity contribution < 1.29 is 14.3 Å². The number of morpholine rings is 1. The summed E-state index contributed by atoms with van der Waals surface area (Å²) in [5.74, 6) is 0.909. The van der Waals surface area contributed by atoms with Gasteiger partial charge in [0.1, 0.15) is 18.4 Å². The Labute approximate surface area is 216 Å². The van der Waals surface area contributed by atoms with Gasteiger partial charge in [-0.05, 0) is 62.4 Å². The maximum absolute atomic E-state index is 11.7. The van der Waals surface area contributed by atoms with Gasteiger partial charge in [-0.15, -0.1) is 0 Å². The largest absolute Gasteiger partial charge is 0.490 e. The molecule has 3 N–H and O–H groups in total. The number of ether oxygens (including phenoxy) is 2. The fourth-order valence-corrected chi connectivity index (χ4v) is 3.83. The van der Waals surface area contributed by atoms with E-state index in [0.717, 1.165) is 43.2 Å². The molecule has 10 heteroatoms. The van der Waals surface area contributed by atoms with Crippen molar-refractivity contribution >= 4 is 23.4 Å². The Balaban J connectivity index is 1.37. The second kappa shape index (κ2) is 12.6. The lowest BCUT2D eigenvalue weighted by molar-refractivity contribution is 0.122. The number of urea groups is 1. The summed E-state index contributed by atoms with van der Waals surface area (Å²) >= 11 is 0. The maximum Gasteiger partial charge on any atom is 0.315 e. The number of hydrogen-bond acceptors (Lipinski definition) is 8. The monoisotopic (exact) mass is 501 g/mol. The van der Waals surface area contributed by atoms with Crippen LogP contribution in [0.5, 0.6) is 5.75 Å². The van der Waals surface area contributed by atoms with E-state index >= 15 is 0 Å². The van der Waals surface area contributed by atoms with Crippen LogP contribution < -0.4 is 25.6 Å². The van der Waals surface area contributed by atoms with Crippen molar-refractivity contribution in [2.45, 2.75) is 19.9 Å². The van der Waals surface area contributed by atoms with Crippen molar-refractivity contribution in [3.8, 4) is 23.1 Å². The molecule has 0 radical (unpaired) electrons. The van der Waals surface area contributed by atoms with Crippen molar-refractivity contribution in [1.29, 1.82) is 5.26 Å². The number of carbonyl (C=O) groups is 1. The SMILES string of the molecule is CC(C)NC(=O)NCCOc1ccc(-c2ccnc(Nc3ccc(N4CCOCC4)cc3)n2)cc1C#N. The van der Waals surface area contributed by atoms with E-state index in [-0.39, 0.29) is 18.7 Å². The van der Waals surface area contributed by atoms with Gasteiger partial charge in [-0.1, -0.05) is 0 Å². The molecule has 1 fully saturated rings. The summed E-state index contributed by atoms with van der Waals surface area (Å²) in [4.78, 5) is 22.9. The highest BCUT2D eigenvalue weighted by Gasteiger charge is 2.12. The predicted octanol–water partition coefficient (Wildman–Crippen LogP) is 3.68. The molecule has 2 aromatic carbocycles. The van der Waals surface area contributed by atoms with Crippen LogP contribution in [0.1, 0.15) is 19.4 Å². The molecular weight excluding hydrogens is 470 g/mol. The highest BCUT2D eigenvalue weighted by Crippen LogP contribution is 2.26. The third kappa shape index (κ3) is 7.32. The molecular formula is C27H31N7O3. The molecule has 0 saturated carbocycles. The minimum Gasteiger partial charge on any atom is -0.490 e. The van der Waals surface area contributed by atoms with Crippen molar-refractivity contribution in [2.75, 3.05) is 49.7 Å². The lowest BCUT2D eigenvalue weighted by atomic mass is 10.1. The molecule has 4 rings (SSSR count). The molecule has 0 unspecified atom stereocenters. The zero-order chi connectivity index (χ0) is 26.0. The molecule has 10 nitrogen and oxygen atoms in total. The topological polar surface area (TPSA) is 124 Å². The number of anilines is 3. The van der Waals surface area contributed by atoms with Gasteiger partial charge in [-0.2, -0.15) is 5.26 Å². The number of rotatable bonds is 9. The Morgan fingerprint density at radius 1 is 1.16 bits per heavy atom. The summed E-state index contributed by atoms with van der Waals surface area (Å²) in [6, 6.07) is 17.2. The van der Waals surface area contributed by atoms with Gasteiger partial charge in [0.25, 0.3) is 0 Å². The van der Waals surface area contributed by atoms with Gasteiger partial charge in [0.15, 0.2) is 0 Å². The molecule has 1 aliphatic heterocycles. The van der Waals surface area contributed by atoms with E-state index in [1.165, 1.54) is 0 Å². The normalized spacial score (nSPS) is 13.1. The molecule has 0 atom stereocenters. The van der Waals surface area contributed by atoms with Gasteiger partial charge in [0.2, 0.25) is 5.95 Å². The molecule has 1 aliphatic rings. The number of nitrogens with zero attached hydrogens (tertiary/aromatic N) is 4. The average Bonchev–Trinajstić information content (AvgIpc) is 2.92. The highest BCUT2D eigenvalue weighted by molar-refractivity contribution is 5.74. The molecule has 1 aromatic heterocycles. The first-order valence-electron chi connectivity index (χ1n) is 12.3. The minimum atomic E-state index is -0.254. The van der Waals surface area contributed by atoms with Gasteiger partial charge in [0, 0.05) is 42.3 Å². The molecule has 3 aromatic rings. The quantitative estimate of drug-likeness (QED) is 0.379. The Kier molecular flexibility index (Phi) is 8.73. The van der Waals surface area contributed by atoms with Gasteiger partial charge in [0.05, 0.1) is 31.0 Å². The zero-order valence-electron chi connectivity index (χ0n) is 21.0. The average molecular weight is 502 g/mol. The molecule has 37 heavy (non-hydrogen) atoms. The third-order valence-corrected chi connectivity index (χ3v) is 5.62. The van der Waals surface area contributed by atoms with Crippen molar-refractivity contribution in [3.05, 3.63) is 60.3 Å². The van der Waals surface area contributed by atoms with Crippen LogP contribution in [0.15, 0.2) is 54.7 Å². The van der Waals surface area contributed by atoms with E-state index in [0.29, 0.717) is 29.5 Å². The van der Waals surface area contributed by atoms with Crippen LogP contribution in [0.4, 0.5) is 22.1 Å². The number of nitriles is 1. The molecule has 0 bridgehead atoms. The zero-order valence-corrected chi connectivity index (χ0v) is 21.0. The maximum atomic E-state index is 11.7. The van der Waals surface area contributed by atoms with E-state index in [1.807, 2.05) is 32.0 Å². The van der Waals surface area contributed by atoms with E-state index in [4.69, 9.17) is 9.47 Å². The Morgan fingerprint density at radius 2 is 1.95 bits per heavy atom. The van der Waals surface area contributed by atoms with Crippen LogP contribution in [-0.2, 0) is 4.74 Å². The predicted molar refractivity (Wildman–Crippen MR) is 142 cm³/mol. The summed E-state index contributed by atoms with van der Waals surface area (Å²) in [6.07, 6.45) is 1.68. The summed E-state index contributed by atoms with van der Waals surface area (Å²) < 4.78 is 11.1. The van der Waals surface area contributed by atoms with Gasteiger partial charge >= 0.3 is 6.03 Å². The molecule has 192 valence electrons. The van der Waals surface area contributed by atoms with Crippen LogP contribution >= 0.6 is 0 Å². The van der Waals surface area contributed by atoms with E-state index < -0.39 is 0 Å². The molecule has 2 heterocycles. The van der Waals surface area contributed by atoms with Crippen LogP contribution in [0, 0.1) is 11.3 Å². The first kappa shape index (κ1) is 25.7. The molecule has 0 aliphatic carbocycles. The van der Waals surface area contributed by atoms with Crippen LogP contribution in [0.25, 0.3) is 11.3 Å². The third-order valence-electron chi connectivity index (χ3n) is 5.62. The number of carbonyl (C=O) groups excluding carboxylic acids is 1. The van der Waals surface area contributed by atoms with Gasteiger partial charge in [-0.3, -0.25) is 0 Å². The number of benzene rings is 2. The van der Waals surface area contributed by atoms with Crippen LogP contribution in [-0.4, -0.2) is 61.5 Å².